The summed E-state index contributed by atoms with van der Waals surface area (Å²) in [4.78, 5) is 11.8. The maximum Gasteiger partial charge on any atom is 0.277 e. The van der Waals surface area contributed by atoms with Gasteiger partial charge in [-0.05, 0) is 51.2 Å². The molecule has 0 aliphatic rings. The number of ether oxygens (including phenoxy) is 1. The number of halogens is 1. The number of phenolic OH excluding ortho intramolecular Hbond substituents is 1. The summed E-state index contributed by atoms with van der Waals surface area (Å²) in [6.45, 7) is 6.23. The normalized spacial score (nSPS) is 11.5. The van der Waals surface area contributed by atoms with E-state index in [0.29, 0.717) is 11.3 Å². The molecular formula is C19H21BrN2O3. The third-order valence-electron chi connectivity index (χ3n) is 3.49. The summed E-state index contributed by atoms with van der Waals surface area (Å²) in [5.41, 5.74) is 4.09. The summed E-state index contributed by atoms with van der Waals surface area (Å²) >= 11 is 3.47. The first kappa shape index (κ1) is 19.0. The van der Waals surface area contributed by atoms with Crippen LogP contribution in [0, 0.1) is 0 Å². The number of carbonyl (C=O) groups excluding carboxylic acids is 1. The first-order valence-electron chi connectivity index (χ1n) is 7.80. The zero-order valence-electron chi connectivity index (χ0n) is 14.4. The predicted octanol–water partition coefficient (Wildman–Crippen LogP) is 3.98. The van der Waals surface area contributed by atoms with Crippen LogP contribution in [0.4, 0.5) is 0 Å². The van der Waals surface area contributed by atoms with Crippen molar-refractivity contribution in [1.82, 2.24) is 5.43 Å². The zero-order valence-corrected chi connectivity index (χ0v) is 16.0. The molecule has 0 unspecified atom stereocenters. The van der Waals surface area contributed by atoms with Crippen molar-refractivity contribution in [2.45, 2.75) is 26.2 Å². The molecular weight excluding hydrogens is 384 g/mol. The molecule has 1 amide bonds. The van der Waals surface area contributed by atoms with Gasteiger partial charge < -0.3 is 9.84 Å². The van der Waals surface area contributed by atoms with Crippen LogP contribution in [0.25, 0.3) is 0 Å². The molecule has 132 valence electrons. The van der Waals surface area contributed by atoms with Gasteiger partial charge in [0.05, 0.1) is 10.7 Å². The SMILES string of the molecule is CC(C)(C)c1ccc(OCC(=O)N/N=C\c2ccccc2O)c(Br)c1. The molecule has 0 bridgehead atoms. The van der Waals surface area contributed by atoms with E-state index in [1.54, 1.807) is 24.3 Å². The molecule has 0 heterocycles. The maximum absolute atomic E-state index is 11.8. The molecule has 2 N–H and O–H groups in total. The van der Waals surface area contributed by atoms with Crippen molar-refractivity contribution >= 4 is 28.1 Å². The molecule has 2 aromatic rings. The Morgan fingerprint density at radius 1 is 1.28 bits per heavy atom. The van der Waals surface area contributed by atoms with E-state index in [1.807, 2.05) is 18.2 Å². The van der Waals surface area contributed by atoms with Gasteiger partial charge in [0.2, 0.25) is 0 Å². The van der Waals surface area contributed by atoms with Crippen molar-refractivity contribution < 1.29 is 14.6 Å². The van der Waals surface area contributed by atoms with E-state index in [0.717, 1.165) is 4.47 Å². The lowest BCUT2D eigenvalue weighted by atomic mass is 9.87. The number of para-hydroxylation sites is 1. The molecule has 0 aromatic heterocycles. The second-order valence-corrected chi connectivity index (χ2v) is 7.39. The molecule has 0 aliphatic heterocycles. The van der Waals surface area contributed by atoms with Gasteiger partial charge in [-0.1, -0.05) is 39.0 Å². The van der Waals surface area contributed by atoms with Crippen molar-refractivity contribution in [3.63, 3.8) is 0 Å². The van der Waals surface area contributed by atoms with E-state index >= 15 is 0 Å². The summed E-state index contributed by atoms with van der Waals surface area (Å²) in [6, 6.07) is 12.5. The summed E-state index contributed by atoms with van der Waals surface area (Å²) in [7, 11) is 0. The number of hydrogen-bond donors (Lipinski definition) is 2. The van der Waals surface area contributed by atoms with Crippen LogP contribution in [0.3, 0.4) is 0 Å². The summed E-state index contributed by atoms with van der Waals surface area (Å²) < 4.78 is 6.31. The monoisotopic (exact) mass is 404 g/mol. The van der Waals surface area contributed by atoms with Crippen molar-refractivity contribution in [2.24, 2.45) is 5.10 Å². The number of aromatic hydroxyl groups is 1. The topological polar surface area (TPSA) is 70.9 Å². The number of phenols is 1. The highest BCUT2D eigenvalue weighted by atomic mass is 79.9. The van der Waals surface area contributed by atoms with Gasteiger partial charge in [0.1, 0.15) is 11.5 Å². The van der Waals surface area contributed by atoms with Crippen LogP contribution in [-0.4, -0.2) is 23.8 Å². The largest absolute Gasteiger partial charge is 0.507 e. The Morgan fingerprint density at radius 3 is 2.64 bits per heavy atom. The minimum Gasteiger partial charge on any atom is -0.507 e. The highest BCUT2D eigenvalue weighted by molar-refractivity contribution is 9.10. The van der Waals surface area contributed by atoms with Gasteiger partial charge in [0.25, 0.3) is 5.91 Å². The second-order valence-electron chi connectivity index (χ2n) is 6.54. The third kappa shape index (κ3) is 5.60. The Kier molecular flexibility index (Phi) is 6.20. The van der Waals surface area contributed by atoms with E-state index in [2.05, 4.69) is 47.2 Å². The molecule has 6 heteroatoms. The Balaban J connectivity index is 1.89. The highest BCUT2D eigenvalue weighted by Gasteiger charge is 2.15. The van der Waals surface area contributed by atoms with Gasteiger partial charge in [0.15, 0.2) is 6.61 Å². The Hall–Kier alpha value is -2.34. The van der Waals surface area contributed by atoms with Crippen molar-refractivity contribution in [2.75, 3.05) is 6.61 Å². The fourth-order valence-electron chi connectivity index (χ4n) is 2.03. The summed E-state index contributed by atoms with van der Waals surface area (Å²) in [6.07, 6.45) is 1.38. The quantitative estimate of drug-likeness (QED) is 0.584. The molecule has 2 aromatic carbocycles. The minimum absolute atomic E-state index is 0.0378. The molecule has 0 radical (unpaired) electrons. The van der Waals surface area contributed by atoms with Gasteiger partial charge in [0, 0.05) is 5.56 Å². The number of hydrazone groups is 1. The molecule has 25 heavy (non-hydrogen) atoms. The van der Waals surface area contributed by atoms with Crippen LogP contribution in [0.5, 0.6) is 11.5 Å². The number of carbonyl (C=O) groups is 1. The van der Waals surface area contributed by atoms with Crippen LogP contribution < -0.4 is 10.2 Å². The molecule has 0 saturated heterocycles. The fourth-order valence-corrected chi connectivity index (χ4v) is 2.52. The molecule has 2 rings (SSSR count). The van der Waals surface area contributed by atoms with Crippen LogP contribution in [-0.2, 0) is 10.2 Å². The first-order chi connectivity index (χ1) is 11.8. The van der Waals surface area contributed by atoms with Crippen LogP contribution in [0.1, 0.15) is 31.9 Å². The van der Waals surface area contributed by atoms with Gasteiger partial charge in [-0.25, -0.2) is 5.43 Å². The lowest BCUT2D eigenvalue weighted by Gasteiger charge is -2.20. The lowest BCUT2D eigenvalue weighted by molar-refractivity contribution is -0.123. The fraction of sp³-hybridized carbons (Fsp3) is 0.263. The van der Waals surface area contributed by atoms with Crippen LogP contribution in [0.15, 0.2) is 52.0 Å². The van der Waals surface area contributed by atoms with E-state index in [9.17, 15) is 9.90 Å². The molecule has 5 nitrogen and oxygen atoms in total. The van der Waals surface area contributed by atoms with Gasteiger partial charge in [-0.2, -0.15) is 5.10 Å². The summed E-state index contributed by atoms with van der Waals surface area (Å²) in [5.74, 6) is 0.297. The number of benzene rings is 2. The van der Waals surface area contributed by atoms with E-state index < -0.39 is 5.91 Å². The Morgan fingerprint density at radius 2 is 2.00 bits per heavy atom. The standard InChI is InChI=1S/C19H21BrN2O3/c1-19(2,3)14-8-9-17(15(20)10-14)25-12-18(24)22-21-11-13-6-4-5-7-16(13)23/h4-11,23H,12H2,1-3H3,(H,22,24)/b21-11-. The third-order valence-corrected chi connectivity index (χ3v) is 4.11. The molecule has 0 spiro atoms. The van der Waals surface area contributed by atoms with Crippen molar-refractivity contribution in [3.05, 3.63) is 58.1 Å². The summed E-state index contributed by atoms with van der Waals surface area (Å²) in [5, 5.41) is 13.4. The van der Waals surface area contributed by atoms with Crippen molar-refractivity contribution in [3.8, 4) is 11.5 Å². The van der Waals surface area contributed by atoms with Gasteiger partial charge >= 0.3 is 0 Å². The number of nitrogens with zero attached hydrogens (tertiary/aromatic N) is 1. The lowest BCUT2D eigenvalue weighted by Crippen LogP contribution is -2.24. The Bertz CT molecular complexity index is 782. The predicted molar refractivity (Wildman–Crippen MR) is 102 cm³/mol. The average Bonchev–Trinajstić information content (AvgIpc) is 2.54. The molecule has 0 aliphatic carbocycles. The number of rotatable bonds is 5. The van der Waals surface area contributed by atoms with E-state index in [-0.39, 0.29) is 17.8 Å². The van der Waals surface area contributed by atoms with Crippen LogP contribution >= 0.6 is 15.9 Å². The highest BCUT2D eigenvalue weighted by Crippen LogP contribution is 2.31. The van der Waals surface area contributed by atoms with E-state index in [4.69, 9.17) is 4.74 Å². The molecule has 0 atom stereocenters. The number of hydrogen-bond acceptors (Lipinski definition) is 4. The second kappa shape index (κ2) is 8.16. The molecule has 0 fully saturated rings. The average molecular weight is 405 g/mol. The van der Waals surface area contributed by atoms with Crippen LogP contribution in [0.2, 0.25) is 0 Å². The van der Waals surface area contributed by atoms with Gasteiger partial charge in [-0.3, -0.25) is 4.79 Å². The number of nitrogens with one attached hydrogen (secondary N) is 1. The van der Waals surface area contributed by atoms with E-state index in [1.165, 1.54) is 11.8 Å². The van der Waals surface area contributed by atoms with Gasteiger partial charge in [-0.15, -0.1) is 0 Å². The smallest absolute Gasteiger partial charge is 0.277 e. The zero-order chi connectivity index (χ0) is 18.4. The Labute approximate surface area is 155 Å². The number of amides is 1. The minimum atomic E-state index is -0.390. The first-order valence-corrected chi connectivity index (χ1v) is 8.59. The van der Waals surface area contributed by atoms with Crippen molar-refractivity contribution in [1.29, 1.82) is 0 Å². The maximum atomic E-state index is 11.8. The molecule has 0 saturated carbocycles.